The van der Waals surface area contributed by atoms with Gasteiger partial charge in [0.25, 0.3) is 0 Å². The van der Waals surface area contributed by atoms with Crippen LogP contribution in [0.25, 0.3) is 0 Å². The molecule has 0 bridgehead atoms. The average molecular weight is 170 g/mol. The molecule has 66 valence electrons. The van der Waals surface area contributed by atoms with Crippen molar-refractivity contribution in [2.24, 2.45) is 5.73 Å². The average Bonchev–Trinajstić information content (AvgIpc) is 2.04. The molecule has 1 aromatic rings. The maximum atomic E-state index is 12.9. The van der Waals surface area contributed by atoms with Crippen molar-refractivity contribution in [2.75, 3.05) is 0 Å². The number of hydrogen-bond acceptors (Lipinski definition) is 3. The number of hydrogen-bond donors (Lipinski definition) is 2. The van der Waals surface area contributed by atoms with Crippen LogP contribution in [0, 0.1) is 5.82 Å². The van der Waals surface area contributed by atoms with E-state index in [0.717, 1.165) is 6.20 Å². The van der Waals surface area contributed by atoms with Gasteiger partial charge in [0.2, 0.25) is 0 Å². The van der Waals surface area contributed by atoms with Crippen molar-refractivity contribution in [1.29, 1.82) is 0 Å². The largest absolute Gasteiger partial charge is 0.391 e. The fraction of sp³-hybridized carbons (Fsp3) is 0.375. The highest BCUT2D eigenvalue weighted by Crippen LogP contribution is 2.15. The lowest BCUT2D eigenvalue weighted by atomic mass is 10.0. The molecule has 2 unspecified atom stereocenters. The molecule has 0 radical (unpaired) electrons. The Labute approximate surface area is 70.0 Å². The van der Waals surface area contributed by atoms with Gasteiger partial charge in [0, 0.05) is 11.8 Å². The molecule has 0 fully saturated rings. The third-order valence-electron chi connectivity index (χ3n) is 1.68. The predicted molar refractivity (Wildman–Crippen MR) is 42.8 cm³/mol. The fourth-order valence-electron chi connectivity index (χ4n) is 0.916. The van der Waals surface area contributed by atoms with Gasteiger partial charge in [0.05, 0.1) is 18.3 Å². The predicted octanol–water partition coefficient (Wildman–Crippen LogP) is 0.601. The van der Waals surface area contributed by atoms with Gasteiger partial charge in [0.15, 0.2) is 0 Å². The van der Waals surface area contributed by atoms with E-state index in [1.807, 2.05) is 0 Å². The molecule has 3 nitrogen and oxygen atoms in total. The summed E-state index contributed by atoms with van der Waals surface area (Å²) in [5.41, 5.74) is 5.81. The summed E-state index contributed by atoms with van der Waals surface area (Å²) < 4.78 is 12.9. The fourth-order valence-corrected chi connectivity index (χ4v) is 0.916. The summed E-state index contributed by atoms with van der Waals surface area (Å²) in [6.07, 6.45) is 1.76. The normalized spacial score (nSPS) is 15.7. The van der Waals surface area contributed by atoms with E-state index >= 15 is 0 Å². The molecule has 3 N–H and O–H groups in total. The van der Waals surface area contributed by atoms with Crippen molar-refractivity contribution in [3.63, 3.8) is 0 Å². The minimum absolute atomic E-state index is 0.292. The number of pyridine rings is 1. The summed E-state index contributed by atoms with van der Waals surface area (Å²) in [7, 11) is 0. The van der Waals surface area contributed by atoms with E-state index in [2.05, 4.69) is 4.98 Å². The highest BCUT2D eigenvalue weighted by atomic mass is 19.1. The number of nitrogens with zero attached hydrogens (tertiary/aromatic N) is 1. The van der Waals surface area contributed by atoms with Gasteiger partial charge in [-0.25, -0.2) is 4.39 Å². The number of rotatable bonds is 2. The van der Waals surface area contributed by atoms with Crippen LogP contribution >= 0.6 is 0 Å². The standard InChI is InChI=1S/C8H11FN2O/c1-5(12)8(10)6-2-3-11-4-7(6)9/h2-5,8,12H,10H2,1H3. The van der Waals surface area contributed by atoms with Crippen LogP contribution in [0.3, 0.4) is 0 Å². The molecule has 1 heterocycles. The molecule has 0 saturated carbocycles. The van der Waals surface area contributed by atoms with E-state index in [-0.39, 0.29) is 0 Å². The van der Waals surface area contributed by atoms with E-state index in [1.165, 1.54) is 19.2 Å². The topological polar surface area (TPSA) is 59.1 Å². The van der Waals surface area contributed by atoms with Gasteiger partial charge in [-0.2, -0.15) is 0 Å². The number of aliphatic hydroxyl groups excluding tert-OH is 1. The monoisotopic (exact) mass is 170 g/mol. The van der Waals surface area contributed by atoms with Crippen LogP contribution in [0.5, 0.6) is 0 Å². The first-order chi connectivity index (χ1) is 5.63. The Morgan fingerprint density at radius 2 is 2.33 bits per heavy atom. The van der Waals surface area contributed by atoms with E-state index in [0.29, 0.717) is 5.56 Å². The number of nitrogens with two attached hydrogens (primary N) is 1. The molecule has 0 aliphatic rings. The first-order valence-corrected chi connectivity index (χ1v) is 3.66. The van der Waals surface area contributed by atoms with Crippen LogP contribution in [0.1, 0.15) is 18.5 Å². The molecular weight excluding hydrogens is 159 g/mol. The van der Waals surface area contributed by atoms with Crippen molar-refractivity contribution in [3.05, 3.63) is 29.8 Å². The molecular formula is C8H11FN2O. The summed E-state index contributed by atoms with van der Waals surface area (Å²) in [4.78, 5) is 3.57. The van der Waals surface area contributed by atoms with Crippen LogP contribution in [-0.4, -0.2) is 16.2 Å². The van der Waals surface area contributed by atoms with Crippen LogP contribution in [-0.2, 0) is 0 Å². The third kappa shape index (κ3) is 1.78. The van der Waals surface area contributed by atoms with Crippen LogP contribution in [0.2, 0.25) is 0 Å². The lowest BCUT2D eigenvalue weighted by Gasteiger charge is -2.14. The zero-order valence-electron chi connectivity index (χ0n) is 6.74. The van der Waals surface area contributed by atoms with E-state index in [1.54, 1.807) is 0 Å². The summed E-state index contributed by atoms with van der Waals surface area (Å²) in [5.74, 6) is -0.481. The van der Waals surface area contributed by atoms with Gasteiger partial charge in [-0.1, -0.05) is 0 Å². The number of aliphatic hydroxyl groups is 1. The lowest BCUT2D eigenvalue weighted by Crippen LogP contribution is -2.24. The Morgan fingerprint density at radius 3 is 2.83 bits per heavy atom. The molecule has 0 aliphatic carbocycles. The zero-order valence-corrected chi connectivity index (χ0v) is 6.74. The van der Waals surface area contributed by atoms with Crippen molar-refractivity contribution < 1.29 is 9.50 Å². The molecule has 1 aromatic heterocycles. The van der Waals surface area contributed by atoms with Gasteiger partial charge in [-0.15, -0.1) is 0 Å². The first kappa shape index (κ1) is 9.09. The van der Waals surface area contributed by atoms with Crippen molar-refractivity contribution in [2.45, 2.75) is 19.1 Å². The lowest BCUT2D eigenvalue weighted by molar-refractivity contribution is 0.162. The Bertz CT molecular complexity index is 265. The SMILES string of the molecule is CC(O)C(N)c1ccncc1F. The highest BCUT2D eigenvalue weighted by Gasteiger charge is 2.15. The summed E-state index contributed by atoms with van der Waals surface area (Å²) in [6.45, 7) is 1.52. The van der Waals surface area contributed by atoms with Crippen molar-refractivity contribution in [3.8, 4) is 0 Å². The van der Waals surface area contributed by atoms with E-state index in [4.69, 9.17) is 10.8 Å². The second-order valence-electron chi connectivity index (χ2n) is 2.66. The van der Waals surface area contributed by atoms with Gasteiger partial charge in [-0.3, -0.25) is 4.98 Å². The second-order valence-corrected chi connectivity index (χ2v) is 2.66. The molecule has 0 aromatic carbocycles. The maximum absolute atomic E-state index is 12.9. The molecule has 0 amide bonds. The molecule has 2 atom stereocenters. The molecule has 0 saturated heterocycles. The Kier molecular flexibility index (Phi) is 2.73. The van der Waals surface area contributed by atoms with Crippen molar-refractivity contribution in [1.82, 2.24) is 4.98 Å². The second kappa shape index (κ2) is 3.60. The molecule has 4 heteroatoms. The minimum atomic E-state index is -0.762. The molecule has 0 aliphatic heterocycles. The molecule has 1 rings (SSSR count). The quantitative estimate of drug-likeness (QED) is 0.683. The van der Waals surface area contributed by atoms with Crippen LogP contribution in [0.15, 0.2) is 18.5 Å². The summed E-state index contributed by atoms with van der Waals surface area (Å²) in [5, 5.41) is 9.09. The highest BCUT2D eigenvalue weighted by molar-refractivity contribution is 5.17. The summed E-state index contributed by atoms with van der Waals surface area (Å²) >= 11 is 0. The van der Waals surface area contributed by atoms with E-state index in [9.17, 15) is 4.39 Å². The van der Waals surface area contributed by atoms with Gasteiger partial charge in [-0.05, 0) is 13.0 Å². The third-order valence-corrected chi connectivity index (χ3v) is 1.68. The smallest absolute Gasteiger partial charge is 0.146 e. The Hall–Kier alpha value is -1.00. The van der Waals surface area contributed by atoms with Gasteiger partial charge in [0.1, 0.15) is 5.82 Å². The van der Waals surface area contributed by atoms with Crippen LogP contribution in [0.4, 0.5) is 4.39 Å². The molecule has 12 heavy (non-hydrogen) atoms. The maximum Gasteiger partial charge on any atom is 0.146 e. The zero-order chi connectivity index (χ0) is 9.14. The van der Waals surface area contributed by atoms with Gasteiger partial charge < -0.3 is 10.8 Å². The number of aromatic nitrogens is 1. The van der Waals surface area contributed by atoms with Gasteiger partial charge >= 0.3 is 0 Å². The first-order valence-electron chi connectivity index (χ1n) is 3.66. The minimum Gasteiger partial charge on any atom is -0.391 e. The molecule has 0 spiro atoms. The van der Waals surface area contributed by atoms with Crippen LogP contribution < -0.4 is 5.73 Å². The Balaban J connectivity index is 2.94. The van der Waals surface area contributed by atoms with E-state index < -0.39 is 18.0 Å². The number of halogens is 1. The Morgan fingerprint density at radius 1 is 1.67 bits per heavy atom. The van der Waals surface area contributed by atoms with Crippen molar-refractivity contribution >= 4 is 0 Å². The summed E-state index contributed by atoms with van der Waals surface area (Å²) in [6, 6.07) is 0.778.